The van der Waals surface area contributed by atoms with Gasteiger partial charge in [-0.25, -0.2) is 15.0 Å². The largest absolute Gasteiger partial charge is 0.480 e. The third-order valence-electron chi connectivity index (χ3n) is 5.05. The van der Waals surface area contributed by atoms with Crippen molar-refractivity contribution in [3.05, 3.63) is 12.7 Å². The first-order valence-electron chi connectivity index (χ1n) is 9.48. The van der Waals surface area contributed by atoms with E-state index >= 15 is 0 Å². The molecule has 5 atom stereocenters. The van der Waals surface area contributed by atoms with E-state index in [0.29, 0.717) is 30.8 Å². The van der Waals surface area contributed by atoms with Crippen LogP contribution in [0.2, 0.25) is 0 Å². The van der Waals surface area contributed by atoms with Crippen molar-refractivity contribution in [2.45, 2.75) is 50.3 Å². The lowest BCUT2D eigenvalue weighted by atomic mass is 10.1. The van der Waals surface area contributed by atoms with Crippen LogP contribution in [-0.4, -0.2) is 89.7 Å². The SMILES string of the molecule is CCCN(CC[C@H](N)C(=O)O)C[C@H]1O[C@@H](n2cnc3c(N)ncnc32)[C@@H](O)C1O. The van der Waals surface area contributed by atoms with Crippen molar-refractivity contribution in [1.82, 2.24) is 24.4 Å². The van der Waals surface area contributed by atoms with Crippen molar-refractivity contribution in [3.63, 3.8) is 0 Å². The van der Waals surface area contributed by atoms with E-state index in [1.807, 2.05) is 11.8 Å². The maximum atomic E-state index is 10.9. The summed E-state index contributed by atoms with van der Waals surface area (Å²) in [5.74, 6) is -0.843. The molecule has 3 rings (SSSR count). The first-order valence-corrected chi connectivity index (χ1v) is 9.48. The van der Waals surface area contributed by atoms with Crippen LogP contribution in [0, 0.1) is 0 Å². The molecule has 0 saturated carbocycles. The number of ether oxygens (including phenoxy) is 1. The molecule has 2 aromatic heterocycles. The predicted octanol–water partition coefficient (Wildman–Crippen LogP) is -1.46. The molecule has 12 nitrogen and oxygen atoms in total. The van der Waals surface area contributed by atoms with Crippen LogP contribution in [0.5, 0.6) is 0 Å². The number of aliphatic hydroxyl groups excluding tert-OH is 2. The fraction of sp³-hybridized carbons (Fsp3) is 0.647. The lowest BCUT2D eigenvalue weighted by molar-refractivity contribution is -0.138. The van der Waals surface area contributed by atoms with Gasteiger partial charge in [0.2, 0.25) is 0 Å². The second-order valence-electron chi connectivity index (χ2n) is 7.16. The third-order valence-corrected chi connectivity index (χ3v) is 5.05. The number of carbonyl (C=O) groups is 1. The minimum absolute atomic E-state index is 0.210. The molecule has 0 aromatic carbocycles. The molecule has 1 saturated heterocycles. The zero-order valence-electron chi connectivity index (χ0n) is 16.1. The Kier molecular flexibility index (Phi) is 6.59. The van der Waals surface area contributed by atoms with E-state index in [2.05, 4.69) is 15.0 Å². The lowest BCUT2D eigenvalue weighted by Gasteiger charge is -2.26. The zero-order valence-corrected chi connectivity index (χ0v) is 16.1. The minimum Gasteiger partial charge on any atom is -0.480 e. The number of carboxylic acid groups (broad SMARTS) is 1. The number of anilines is 1. The number of aliphatic carboxylic acids is 1. The molecule has 1 aliphatic heterocycles. The van der Waals surface area contributed by atoms with E-state index in [1.54, 1.807) is 0 Å². The average molecular weight is 409 g/mol. The highest BCUT2D eigenvalue weighted by molar-refractivity contribution is 5.81. The molecule has 29 heavy (non-hydrogen) atoms. The number of hydrogen-bond donors (Lipinski definition) is 5. The Morgan fingerprint density at radius 2 is 2.07 bits per heavy atom. The van der Waals surface area contributed by atoms with Gasteiger partial charge in [0.1, 0.15) is 36.2 Å². The Morgan fingerprint density at radius 3 is 2.76 bits per heavy atom. The van der Waals surface area contributed by atoms with Crippen molar-refractivity contribution in [3.8, 4) is 0 Å². The molecule has 0 aliphatic carbocycles. The normalized spacial score (nSPS) is 25.7. The number of aromatic nitrogens is 4. The molecule has 7 N–H and O–H groups in total. The molecular weight excluding hydrogens is 382 g/mol. The number of nitrogen functional groups attached to an aromatic ring is 1. The van der Waals surface area contributed by atoms with Crippen molar-refractivity contribution in [2.75, 3.05) is 25.4 Å². The second-order valence-corrected chi connectivity index (χ2v) is 7.16. The Morgan fingerprint density at radius 1 is 1.31 bits per heavy atom. The summed E-state index contributed by atoms with van der Waals surface area (Å²) in [5.41, 5.74) is 12.2. The van der Waals surface area contributed by atoms with Crippen molar-refractivity contribution in [1.29, 1.82) is 0 Å². The van der Waals surface area contributed by atoms with Gasteiger partial charge in [0.25, 0.3) is 0 Å². The van der Waals surface area contributed by atoms with Crippen LogP contribution in [0.1, 0.15) is 26.0 Å². The fourth-order valence-electron chi connectivity index (χ4n) is 3.48. The Labute approximate surface area is 167 Å². The van der Waals surface area contributed by atoms with Crippen molar-refractivity contribution < 1.29 is 24.9 Å². The maximum absolute atomic E-state index is 10.9. The van der Waals surface area contributed by atoms with E-state index in [1.165, 1.54) is 17.2 Å². The maximum Gasteiger partial charge on any atom is 0.320 e. The summed E-state index contributed by atoms with van der Waals surface area (Å²) in [6, 6.07) is -0.954. The Bertz CT molecular complexity index is 847. The van der Waals surface area contributed by atoms with Gasteiger partial charge in [-0.3, -0.25) is 9.36 Å². The van der Waals surface area contributed by atoms with Gasteiger partial charge in [0.15, 0.2) is 17.7 Å². The van der Waals surface area contributed by atoms with Crippen LogP contribution < -0.4 is 11.5 Å². The van der Waals surface area contributed by atoms with Gasteiger partial charge >= 0.3 is 5.97 Å². The number of hydrogen-bond acceptors (Lipinski definition) is 10. The van der Waals surface area contributed by atoms with Crippen molar-refractivity contribution >= 4 is 23.0 Å². The summed E-state index contributed by atoms with van der Waals surface area (Å²) in [6.07, 6.45) is -0.0686. The summed E-state index contributed by atoms with van der Waals surface area (Å²) in [4.78, 5) is 25.1. The third kappa shape index (κ3) is 4.46. The van der Waals surface area contributed by atoms with Gasteiger partial charge in [-0.1, -0.05) is 6.92 Å². The number of fused-ring (bicyclic) bond motifs is 1. The molecule has 160 valence electrons. The smallest absolute Gasteiger partial charge is 0.320 e. The summed E-state index contributed by atoms with van der Waals surface area (Å²) in [5, 5.41) is 30.0. The standard InChI is InChI=1S/C17H27N7O5/c1-2-4-23(5-3-9(18)17(27)28)6-10-12(25)13(26)16(29-10)24-8-22-11-14(19)20-7-21-15(11)24/h7-10,12-13,16,25-26H,2-6,18H2,1H3,(H,27,28)(H2,19,20,21)/t9-,10+,12?,13-,16+/m0/s1. The summed E-state index contributed by atoms with van der Waals surface area (Å²) in [6.45, 7) is 3.43. The molecule has 0 radical (unpaired) electrons. The van der Waals surface area contributed by atoms with Crippen LogP contribution in [0.25, 0.3) is 11.2 Å². The number of imidazole rings is 1. The fourth-order valence-corrected chi connectivity index (χ4v) is 3.48. The van der Waals surface area contributed by atoms with Gasteiger partial charge < -0.3 is 36.4 Å². The van der Waals surface area contributed by atoms with Crippen molar-refractivity contribution in [2.24, 2.45) is 5.73 Å². The summed E-state index contributed by atoms with van der Waals surface area (Å²) >= 11 is 0. The number of rotatable bonds is 9. The van der Waals surface area contributed by atoms with Gasteiger partial charge in [-0.2, -0.15) is 0 Å². The summed E-state index contributed by atoms with van der Waals surface area (Å²) in [7, 11) is 0. The van der Waals surface area contributed by atoms with E-state index in [0.717, 1.165) is 6.42 Å². The second kappa shape index (κ2) is 8.97. The number of aliphatic hydroxyl groups is 2. The molecule has 1 unspecified atom stereocenters. The van der Waals surface area contributed by atoms with E-state index in [4.69, 9.17) is 21.3 Å². The highest BCUT2D eigenvalue weighted by atomic mass is 16.6. The molecule has 0 spiro atoms. The molecule has 1 fully saturated rings. The van der Waals surface area contributed by atoms with E-state index in [9.17, 15) is 15.0 Å². The Hall–Kier alpha value is -2.38. The highest BCUT2D eigenvalue weighted by Gasteiger charge is 2.44. The van der Waals surface area contributed by atoms with Crippen LogP contribution >= 0.6 is 0 Å². The van der Waals surface area contributed by atoms with E-state index < -0.39 is 36.6 Å². The summed E-state index contributed by atoms with van der Waals surface area (Å²) < 4.78 is 7.46. The van der Waals surface area contributed by atoms with Crippen LogP contribution in [-0.2, 0) is 9.53 Å². The molecule has 12 heteroatoms. The molecular formula is C17H27N7O5. The number of nitrogens with two attached hydrogens (primary N) is 2. The lowest BCUT2D eigenvalue weighted by Crippen LogP contribution is -2.42. The molecule has 3 heterocycles. The molecule has 0 bridgehead atoms. The average Bonchev–Trinajstić information content (AvgIpc) is 3.23. The topological polar surface area (TPSA) is 186 Å². The van der Waals surface area contributed by atoms with E-state index in [-0.39, 0.29) is 12.2 Å². The zero-order chi connectivity index (χ0) is 21.1. The molecule has 0 amide bonds. The van der Waals surface area contributed by atoms with Gasteiger partial charge in [0.05, 0.1) is 6.33 Å². The predicted molar refractivity (Wildman–Crippen MR) is 103 cm³/mol. The van der Waals surface area contributed by atoms with Gasteiger partial charge in [-0.15, -0.1) is 0 Å². The first-order chi connectivity index (χ1) is 13.8. The minimum atomic E-state index is -1.20. The number of nitrogens with zero attached hydrogens (tertiary/aromatic N) is 5. The van der Waals surface area contributed by atoms with Crippen LogP contribution in [0.3, 0.4) is 0 Å². The number of carboxylic acids is 1. The Balaban J connectivity index is 1.72. The highest BCUT2D eigenvalue weighted by Crippen LogP contribution is 2.32. The quantitative estimate of drug-likeness (QED) is 0.326. The van der Waals surface area contributed by atoms with Gasteiger partial charge in [-0.05, 0) is 19.4 Å². The monoisotopic (exact) mass is 409 g/mol. The molecule has 2 aromatic rings. The van der Waals surface area contributed by atoms with Gasteiger partial charge in [0, 0.05) is 13.1 Å². The molecule has 1 aliphatic rings. The van der Waals surface area contributed by atoms with Crippen LogP contribution in [0.4, 0.5) is 5.82 Å². The first kappa shape index (κ1) is 21.3. The van der Waals surface area contributed by atoms with Crippen LogP contribution in [0.15, 0.2) is 12.7 Å².